The molecular formula is C25H21F6N7O2. The smallest absolute Gasteiger partial charge is 0.382 e. The van der Waals surface area contributed by atoms with Crippen LogP contribution in [0.1, 0.15) is 11.3 Å². The Kier molecular flexibility index (Phi) is 7.25. The van der Waals surface area contributed by atoms with E-state index in [1.807, 2.05) is 10.6 Å². The fourth-order valence-corrected chi connectivity index (χ4v) is 4.40. The van der Waals surface area contributed by atoms with Crippen LogP contribution in [-0.4, -0.2) is 51.8 Å². The molecule has 15 heteroatoms. The van der Waals surface area contributed by atoms with Crippen LogP contribution < -0.4 is 16.4 Å². The van der Waals surface area contributed by atoms with Gasteiger partial charge in [-0.05, 0) is 42.0 Å². The van der Waals surface area contributed by atoms with Crippen molar-refractivity contribution in [3.05, 3.63) is 71.4 Å². The summed E-state index contributed by atoms with van der Waals surface area (Å²) >= 11 is 0. The molecule has 4 aromatic rings. The first-order valence-corrected chi connectivity index (χ1v) is 11.9. The number of urea groups is 1. The van der Waals surface area contributed by atoms with E-state index in [1.165, 1.54) is 6.33 Å². The average molecular weight is 565 g/mol. The SMILES string of the molecule is Nc1ncnn2c(CN3CCOCC3)cc(-c3cc(F)c(NC(=O)Nc4ccc(F)c(C(F)(F)F)c4)c(F)c3)c12. The summed E-state index contributed by atoms with van der Waals surface area (Å²) in [6.45, 7) is 2.96. The molecule has 1 aliphatic rings. The highest BCUT2D eigenvalue weighted by atomic mass is 19.4. The van der Waals surface area contributed by atoms with Crippen molar-refractivity contribution in [3.8, 4) is 11.1 Å². The minimum atomic E-state index is -5.01. The minimum absolute atomic E-state index is 0.0816. The molecule has 5 rings (SSSR count). The standard InChI is InChI=1S/C25H21F6N7O2/c26-18-2-1-14(9-17(18)25(29,30)31)35-24(39)36-21-19(27)7-13(8-20(21)28)16-10-15(11-37-3-5-40-6-4-37)38-22(16)23(32)33-12-34-38/h1-2,7-10,12H,3-6,11H2,(H2,32,33,34)(H2,35,36,39). The van der Waals surface area contributed by atoms with Gasteiger partial charge in [0.05, 0.1) is 24.5 Å². The lowest BCUT2D eigenvalue weighted by Crippen LogP contribution is -2.36. The van der Waals surface area contributed by atoms with Gasteiger partial charge in [0.2, 0.25) is 0 Å². The molecule has 0 aliphatic carbocycles. The Bertz CT molecular complexity index is 1560. The third-order valence-corrected chi connectivity index (χ3v) is 6.27. The normalized spacial score (nSPS) is 14.4. The number of nitrogens with zero attached hydrogens (tertiary/aromatic N) is 4. The molecule has 9 nitrogen and oxygen atoms in total. The number of nitrogen functional groups attached to an aromatic ring is 1. The summed E-state index contributed by atoms with van der Waals surface area (Å²) in [6.07, 6.45) is -3.74. The maximum atomic E-state index is 15.1. The molecule has 0 spiro atoms. The van der Waals surface area contributed by atoms with Crippen molar-refractivity contribution < 1.29 is 35.9 Å². The van der Waals surface area contributed by atoms with Gasteiger partial charge in [-0.1, -0.05) is 0 Å². The van der Waals surface area contributed by atoms with E-state index in [-0.39, 0.29) is 11.4 Å². The fraction of sp³-hybridized carbons (Fsp3) is 0.240. The third kappa shape index (κ3) is 5.51. The molecule has 2 amide bonds. The first-order chi connectivity index (χ1) is 19.0. The van der Waals surface area contributed by atoms with E-state index >= 15 is 8.78 Å². The van der Waals surface area contributed by atoms with Gasteiger partial charge in [0.1, 0.15) is 35.0 Å². The molecule has 2 aromatic carbocycles. The zero-order valence-electron chi connectivity index (χ0n) is 20.5. The molecule has 1 aliphatic heterocycles. The molecule has 4 N–H and O–H groups in total. The number of amides is 2. The highest BCUT2D eigenvalue weighted by Crippen LogP contribution is 2.35. The van der Waals surface area contributed by atoms with Crippen molar-refractivity contribution in [2.45, 2.75) is 12.7 Å². The Morgan fingerprint density at radius 3 is 2.38 bits per heavy atom. The minimum Gasteiger partial charge on any atom is -0.382 e. The number of nitrogens with one attached hydrogen (secondary N) is 2. The number of carbonyl (C=O) groups is 1. The van der Waals surface area contributed by atoms with Gasteiger partial charge < -0.3 is 21.1 Å². The van der Waals surface area contributed by atoms with Gasteiger partial charge in [-0.3, -0.25) is 4.90 Å². The Balaban J connectivity index is 1.41. The fourth-order valence-electron chi connectivity index (χ4n) is 4.40. The zero-order chi connectivity index (χ0) is 28.6. The van der Waals surface area contributed by atoms with Crippen molar-refractivity contribution in [1.82, 2.24) is 19.5 Å². The summed E-state index contributed by atoms with van der Waals surface area (Å²) in [6, 6.07) is 4.14. The van der Waals surface area contributed by atoms with Gasteiger partial charge in [0.25, 0.3) is 0 Å². The number of nitrogens with two attached hydrogens (primary N) is 1. The summed E-state index contributed by atoms with van der Waals surface area (Å²) in [7, 11) is 0. The van der Waals surface area contributed by atoms with Crippen LogP contribution in [0, 0.1) is 17.5 Å². The number of carbonyl (C=O) groups excluding carboxylic acids is 1. The van der Waals surface area contributed by atoms with Gasteiger partial charge >= 0.3 is 12.2 Å². The number of aromatic nitrogens is 3. The molecule has 0 saturated carbocycles. The van der Waals surface area contributed by atoms with Crippen molar-refractivity contribution >= 4 is 28.7 Å². The number of hydrogen-bond donors (Lipinski definition) is 3. The van der Waals surface area contributed by atoms with Gasteiger partial charge in [0, 0.05) is 30.9 Å². The highest BCUT2D eigenvalue weighted by Gasteiger charge is 2.34. The predicted molar refractivity (Wildman–Crippen MR) is 133 cm³/mol. The van der Waals surface area contributed by atoms with Crippen LogP contribution in [0.5, 0.6) is 0 Å². The average Bonchev–Trinajstić information content (AvgIpc) is 3.27. The van der Waals surface area contributed by atoms with Gasteiger partial charge in [-0.25, -0.2) is 27.5 Å². The molecule has 1 saturated heterocycles. The largest absolute Gasteiger partial charge is 0.419 e. The summed E-state index contributed by atoms with van der Waals surface area (Å²) in [5.74, 6) is -3.78. The molecule has 210 valence electrons. The lowest BCUT2D eigenvalue weighted by molar-refractivity contribution is -0.139. The first kappa shape index (κ1) is 27.2. The van der Waals surface area contributed by atoms with Crippen LogP contribution >= 0.6 is 0 Å². The van der Waals surface area contributed by atoms with E-state index in [2.05, 4.69) is 15.0 Å². The monoisotopic (exact) mass is 565 g/mol. The second kappa shape index (κ2) is 10.7. The Morgan fingerprint density at radius 2 is 1.70 bits per heavy atom. The summed E-state index contributed by atoms with van der Waals surface area (Å²) in [5.41, 5.74) is 4.65. The van der Waals surface area contributed by atoms with Crippen LogP contribution in [0.2, 0.25) is 0 Å². The van der Waals surface area contributed by atoms with Crippen LogP contribution in [0.25, 0.3) is 16.6 Å². The Labute approximate surface area is 222 Å². The Morgan fingerprint density at radius 1 is 1.00 bits per heavy atom. The molecule has 2 aromatic heterocycles. The van der Waals surface area contributed by atoms with E-state index in [1.54, 1.807) is 10.6 Å². The molecule has 1 fully saturated rings. The van der Waals surface area contributed by atoms with Crippen LogP contribution in [-0.2, 0) is 17.5 Å². The van der Waals surface area contributed by atoms with E-state index in [9.17, 15) is 22.4 Å². The van der Waals surface area contributed by atoms with E-state index in [0.717, 1.165) is 18.2 Å². The van der Waals surface area contributed by atoms with Crippen molar-refractivity contribution in [3.63, 3.8) is 0 Å². The number of alkyl halides is 3. The second-order valence-electron chi connectivity index (χ2n) is 8.93. The lowest BCUT2D eigenvalue weighted by atomic mass is 10.1. The van der Waals surface area contributed by atoms with E-state index < -0.39 is 46.6 Å². The van der Waals surface area contributed by atoms with Crippen LogP contribution in [0.15, 0.2) is 42.7 Å². The molecule has 0 unspecified atom stereocenters. The van der Waals surface area contributed by atoms with Gasteiger partial charge in [-0.15, -0.1) is 0 Å². The molecule has 0 bridgehead atoms. The molecule has 0 radical (unpaired) electrons. The van der Waals surface area contributed by atoms with Crippen molar-refractivity contribution in [2.24, 2.45) is 0 Å². The maximum absolute atomic E-state index is 15.1. The highest BCUT2D eigenvalue weighted by molar-refractivity contribution is 6.00. The summed E-state index contributed by atoms with van der Waals surface area (Å²) in [5, 5.41) is 8.19. The third-order valence-electron chi connectivity index (χ3n) is 6.27. The number of benzene rings is 2. The number of morpholine rings is 1. The first-order valence-electron chi connectivity index (χ1n) is 11.9. The lowest BCUT2D eigenvalue weighted by Gasteiger charge is -2.26. The number of fused-ring (bicyclic) bond motifs is 1. The Hall–Kier alpha value is -4.37. The van der Waals surface area contributed by atoms with Gasteiger partial charge in [0.15, 0.2) is 5.82 Å². The summed E-state index contributed by atoms with van der Waals surface area (Å²) in [4.78, 5) is 18.4. The predicted octanol–water partition coefficient (Wildman–Crippen LogP) is 4.89. The van der Waals surface area contributed by atoms with Crippen molar-refractivity contribution in [2.75, 3.05) is 42.7 Å². The number of halogens is 6. The summed E-state index contributed by atoms with van der Waals surface area (Å²) < 4.78 is 89.4. The maximum Gasteiger partial charge on any atom is 0.419 e. The zero-order valence-corrected chi connectivity index (χ0v) is 20.5. The van der Waals surface area contributed by atoms with Crippen molar-refractivity contribution in [1.29, 1.82) is 0 Å². The van der Waals surface area contributed by atoms with Crippen LogP contribution in [0.4, 0.5) is 48.3 Å². The van der Waals surface area contributed by atoms with E-state index in [4.69, 9.17) is 10.5 Å². The van der Waals surface area contributed by atoms with E-state index in [0.29, 0.717) is 61.8 Å². The molecule has 0 atom stereocenters. The molecule has 40 heavy (non-hydrogen) atoms. The number of rotatable bonds is 5. The second-order valence-corrected chi connectivity index (χ2v) is 8.93. The van der Waals surface area contributed by atoms with Gasteiger partial charge in [-0.2, -0.15) is 18.3 Å². The quantitative estimate of drug-likeness (QED) is 0.298. The molecular weight excluding hydrogens is 544 g/mol. The topological polar surface area (TPSA) is 110 Å². The molecule has 3 heterocycles. The number of anilines is 3. The van der Waals surface area contributed by atoms with Crippen LogP contribution in [0.3, 0.4) is 0 Å². The number of ether oxygens (including phenoxy) is 1. The number of hydrogen-bond acceptors (Lipinski definition) is 6.